The van der Waals surface area contributed by atoms with E-state index in [1.165, 1.54) is 28.6 Å². The number of hydrogen-bond acceptors (Lipinski definition) is 3. The van der Waals surface area contributed by atoms with Gasteiger partial charge in [-0.05, 0) is 44.0 Å². The first-order valence-electron chi connectivity index (χ1n) is 7.52. The van der Waals surface area contributed by atoms with Crippen LogP contribution >= 0.6 is 0 Å². The molecule has 2 rings (SSSR count). The number of rotatable bonds is 3. The molecule has 1 aromatic carbocycles. The van der Waals surface area contributed by atoms with Gasteiger partial charge in [-0.25, -0.2) is 8.42 Å². The van der Waals surface area contributed by atoms with Crippen molar-refractivity contribution in [2.45, 2.75) is 43.3 Å². The fraction of sp³-hybridized carbons (Fsp3) is 0.533. The lowest BCUT2D eigenvalue weighted by atomic mass is 10.1. The Balaban J connectivity index is 2.24. The van der Waals surface area contributed by atoms with Crippen LogP contribution in [0.4, 0.5) is 18.9 Å². The second kappa shape index (κ2) is 6.72. The second-order valence-corrected chi connectivity index (χ2v) is 7.71. The second-order valence-electron chi connectivity index (χ2n) is 5.82. The van der Waals surface area contributed by atoms with E-state index in [4.69, 9.17) is 0 Å². The molecule has 1 saturated heterocycles. The van der Waals surface area contributed by atoms with Crippen LogP contribution in [-0.2, 0) is 14.8 Å². The van der Waals surface area contributed by atoms with Crippen molar-refractivity contribution in [3.8, 4) is 0 Å². The average Bonchev–Trinajstić information content (AvgIpc) is 2.53. The Bertz CT molecular complexity index is 702. The van der Waals surface area contributed by atoms with Crippen LogP contribution in [0.3, 0.4) is 0 Å². The van der Waals surface area contributed by atoms with Gasteiger partial charge in [0.05, 0.1) is 4.90 Å². The summed E-state index contributed by atoms with van der Waals surface area (Å²) >= 11 is 0. The first kappa shape index (κ1) is 18.7. The molecule has 0 unspecified atom stereocenters. The maximum atomic E-state index is 12.6. The minimum Gasteiger partial charge on any atom is -0.308 e. The molecule has 0 aromatic heterocycles. The maximum Gasteiger partial charge on any atom is 0.471 e. The summed E-state index contributed by atoms with van der Waals surface area (Å²) in [5.41, 5.74) is -0.0250. The Kier molecular flexibility index (Phi) is 5.24. The van der Waals surface area contributed by atoms with Gasteiger partial charge in [0.15, 0.2) is 0 Å². The molecule has 1 heterocycles. The van der Waals surface area contributed by atoms with Crippen LogP contribution in [0.1, 0.15) is 26.2 Å². The molecule has 1 aromatic rings. The zero-order chi connectivity index (χ0) is 18.1. The van der Waals surface area contributed by atoms with E-state index in [-0.39, 0.29) is 16.6 Å². The van der Waals surface area contributed by atoms with Gasteiger partial charge >= 0.3 is 12.1 Å². The van der Waals surface area contributed by atoms with Crippen LogP contribution in [0.2, 0.25) is 0 Å². The highest BCUT2D eigenvalue weighted by Crippen LogP contribution is 2.27. The number of anilines is 1. The van der Waals surface area contributed by atoms with Crippen molar-refractivity contribution in [3.63, 3.8) is 0 Å². The minimum absolute atomic E-state index is 0.00728. The highest BCUT2D eigenvalue weighted by Gasteiger charge is 2.41. The molecule has 0 saturated carbocycles. The SMILES string of the molecule is C[C@@H]1CCCCN1S(=O)(=O)c1ccc(N(C)C(=O)C(F)(F)F)cc1. The predicted molar refractivity (Wildman–Crippen MR) is 83.1 cm³/mol. The summed E-state index contributed by atoms with van der Waals surface area (Å²) in [7, 11) is -2.70. The maximum absolute atomic E-state index is 12.6. The van der Waals surface area contributed by atoms with E-state index in [9.17, 15) is 26.4 Å². The van der Waals surface area contributed by atoms with E-state index in [1.807, 2.05) is 6.92 Å². The number of piperidine rings is 1. The summed E-state index contributed by atoms with van der Waals surface area (Å²) in [6, 6.07) is 4.74. The highest BCUT2D eigenvalue weighted by molar-refractivity contribution is 7.89. The summed E-state index contributed by atoms with van der Waals surface area (Å²) in [5.74, 6) is -2.01. The fourth-order valence-electron chi connectivity index (χ4n) is 2.71. The van der Waals surface area contributed by atoms with Gasteiger partial charge in [-0.3, -0.25) is 4.79 Å². The summed E-state index contributed by atoms with van der Waals surface area (Å²) in [6.45, 7) is 2.26. The lowest BCUT2D eigenvalue weighted by Crippen LogP contribution is -2.42. The number of nitrogens with zero attached hydrogens (tertiary/aromatic N) is 2. The van der Waals surface area contributed by atoms with Gasteiger partial charge in [0.2, 0.25) is 10.0 Å². The number of carbonyl (C=O) groups excluding carboxylic acids is 1. The van der Waals surface area contributed by atoms with Crippen LogP contribution in [-0.4, -0.2) is 44.4 Å². The van der Waals surface area contributed by atoms with E-state index in [0.29, 0.717) is 11.4 Å². The van der Waals surface area contributed by atoms with E-state index in [0.717, 1.165) is 26.3 Å². The Morgan fingerprint density at radius 1 is 1.21 bits per heavy atom. The summed E-state index contributed by atoms with van der Waals surface area (Å²) in [5, 5.41) is 0. The Morgan fingerprint density at radius 3 is 2.29 bits per heavy atom. The molecule has 1 amide bonds. The molecule has 1 fully saturated rings. The first-order valence-corrected chi connectivity index (χ1v) is 8.96. The molecule has 9 heteroatoms. The normalized spacial score (nSPS) is 20.0. The number of halogens is 3. The molecule has 0 N–H and O–H groups in total. The number of amides is 1. The number of benzene rings is 1. The van der Waals surface area contributed by atoms with Crippen molar-refractivity contribution in [1.82, 2.24) is 4.31 Å². The van der Waals surface area contributed by atoms with Gasteiger partial charge < -0.3 is 4.90 Å². The highest BCUT2D eigenvalue weighted by atomic mass is 32.2. The molecule has 0 aliphatic carbocycles. The number of hydrogen-bond donors (Lipinski definition) is 0. The molecule has 1 aliphatic rings. The minimum atomic E-state index is -4.98. The number of sulfonamides is 1. The van der Waals surface area contributed by atoms with Crippen molar-refractivity contribution in [1.29, 1.82) is 0 Å². The van der Waals surface area contributed by atoms with Gasteiger partial charge in [0, 0.05) is 25.3 Å². The third-order valence-electron chi connectivity index (χ3n) is 4.12. The molecule has 1 atom stereocenters. The molecular weight excluding hydrogens is 345 g/mol. The smallest absolute Gasteiger partial charge is 0.308 e. The monoisotopic (exact) mass is 364 g/mol. The Labute approximate surface area is 139 Å². The van der Waals surface area contributed by atoms with E-state index >= 15 is 0 Å². The van der Waals surface area contributed by atoms with Gasteiger partial charge in [-0.1, -0.05) is 6.42 Å². The molecule has 0 spiro atoms. The third-order valence-corrected chi connectivity index (χ3v) is 6.15. The van der Waals surface area contributed by atoms with Crippen LogP contribution in [0.15, 0.2) is 29.2 Å². The zero-order valence-corrected chi connectivity index (χ0v) is 14.2. The molecule has 134 valence electrons. The Hall–Kier alpha value is -1.61. The number of alkyl halides is 3. The largest absolute Gasteiger partial charge is 0.471 e. The van der Waals surface area contributed by atoms with E-state index in [2.05, 4.69) is 0 Å². The molecule has 24 heavy (non-hydrogen) atoms. The quantitative estimate of drug-likeness (QED) is 0.829. The van der Waals surface area contributed by atoms with Gasteiger partial charge in [0.1, 0.15) is 0 Å². The summed E-state index contributed by atoms with van der Waals surface area (Å²) < 4.78 is 64.0. The topological polar surface area (TPSA) is 57.7 Å². The summed E-state index contributed by atoms with van der Waals surface area (Å²) in [4.78, 5) is 11.7. The first-order chi connectivity index (χ1) is 11.0. The lowest BCUT2D eigenvalue weighted by molar-refractivity contribution is -0.170. The molecule has 5 nitrogen and oxygen atoms in total. The molecule has 1 aliphatic heterocycles. The van der Waals surface area contributed by atoms with Crippen LogP contribution < -0.4 is 4.90 Å². The van der Waals surface area contributed by atoms with Gasteiger partial charge in [-0.15, -0.1) is 0 Å². The van der Waals surface area contributed by atoms with E-state index in [1.54, 1.807) is 0 Å². The standard InChI is InChI=1S/C15H19F3N2O3S/c1-11-5-3-4-10-20(11)24(22,23)13-8-6-12(7-9-13)19(2)14(21)15(16,17)18/h6-9,11H,3-5,10H2,1-2H3/t11-/m1/s1. The molecule has 0 bridgehead atoms. The van der Waals surface area contributed by atoms with Crippen molar-refractivity contribution < 1.29 is 26.4 Å². The van der Waals surface area contributed by atoms with Crippen molar-refractivity contribution in [2.75, 3.05) is 18.5 Å². The number of carbonyl (C=O) groups is 1. The van der Waals surface area contributed by atoms with Crippen LogP contribution in [0.25, 0.3) is 0 Å². The molecule has 0 radical (unpaired) electrons. The van der Waals surface area contributed by atoms with Gasteiger partial charge in [-0.2, -0.15) is 17.5 Å². The van der Waals surface area contributed by atoms with Gasteiger partial charge in [0.25, 0.3) is 0 Å². The van der Waals surface area contributed by atoms with Crippen LogP contribution in [0.5, 0.6) is 0 Å². The Morgan fingerprint density at radius 2 is 1.79 bits per heavy atom. The van der Waals surface area contributed by atoms with E-state index < -0.39 is 22.1 Å². The van der Waals surface area contributed by atoms with Crippen molar-refractivity contribution in [3.05, 3.63) is 24.3 Å². The molecular formula is C15H19F3N2O3S. The fourth-order valence-corrected chi connectivity index (χ4v) is 4.41. The third kappa shape index (κ3) is 3.72. The lowest BCUT2D eigenvalue weighted by Gasteiger charge is -2.32. The predicted octanol–water partition coefficient (Wildman–Crippen LogP) is 2.77. The average molecular weight is 364 g/mol. The summed E-state index contributed by atoms with van der Waals surface area (Å²) in [6.07, 6.45) is -2.45. The van der Waals surface area contributed by atoms with Crippen molar-refractivity contribution >= 4 is 21.6 Å². The zero-order valence-electron chi connectivity index (χ0n) is 13.4. The van der Waals surface area contributed by atoms with Crippen molar-refractivity contribution in [2.24, 2.45) is 0 Å². The van der Waals surface area contributed by atoms with Crippen LogP contribution in [0, 0.1) is 0 Å².